The molecule has 7 heteroatoms. The van der Waals surface area contributed by atoms with Gasteiger partial charge >= 0.3 is 0 Å². The summed E-state index contributed by atoms with van der Waals surface area (Å²) in [5.41, 5.74) is 1.09. The van der Waals surface area contributed by atoms with E-state index < -0.39 is 10.0 Å². The fraction of sp³-hybridized carbons (Fsp3) is 0.583. The first kappa shape index (κ1) is 16.4. The Balaban J connectivity index is 2.42. The number of hydrogen-bond acceptors (Lipinski definition) is 4. The Labute approximate surface area is 123 Å². The maximum absolute atomic E-state index is 11.4. The van der Waals surface area contributed by atoms with E-state index in [0.29, 0.717) is 19.6 Å². The Morgan fingerprint density at radius 2 is 2.16 bits per heavy atom. The lowest BCUT2D eigenvalue weighted by molar-refractivity contribution is 0.428. The molecule has 0 aliphatic carbocycles. The van der Waals surface area contributed by atoms with Crippen LogP contribution < -0.4 is 5.32 Å². The Morgan fingerprint density at radius 1 is 1.47 bits per heavy atom. The van der Waals surface area contributed by atoms with Gasteiger partial charge in [-0.2, -0.15) is 0 Å². The normalized spacial score (nSPS) is 11.8. The maximum atomic E-state index is 11.4. The highest BCUT2D eigenvalue weighted by atomic mass is 79.9. The SMILES string of the molecule is CCN(CCCNc1ncc(C)cc1Br)S(C)(=O)=O. The van der Waals surface area contributed by atoms with E-state index in [0.717, 1.165) is 22.3 Å². The number of aromatic nitrogens is 1. The van der Waals surface area contributed by atoms with Crippen molar-refractivity contribution in [2.75, 3.05) is 31.2 Å². The van der Waals surface area contributed by atoms with Crippen molar-refractivity contribution in [3.05, 3.63) is 22.3 Å². The second-order valence-corrected chi connectivity index (χ2v) is 7.21. The first-order valence-electron chi connectivity index (χ1n) is 6.15. The van der Waals surface area contributed by atoms with Gasteiger partial charge < -0.3 is 5.32 Å². The van der Waals surface area contributed by atoms with Crippen molar-refractivity contribution in [1.29, 1.82) is 0 Å². The molecule has 0 spiro atoms. The van der Waals surface area contributed by atoms with Gasteiger partial charge in [0.05, 0.1) is 10.7 Å². The molecule has 108 valence electrons. The highest BCUT2D eigenvalue weighted by molar-refractivity contribution is 9.10. The lowest BCUT2D eigenvalue weighted by Gasteiger charge is -2.17. The van der Waals surface area contributed by atoms with E-state index in [-0.39, 0.29) is 0 Å². The van der Waals surface area contributed by atoms with Gasteiger partial charge in [0.15, 0.2) is 0 Å². The van der Waals surface area contributed by atoms with Gasteiger partial charge in [-0.3, -0.25) is 0 Å². The van der Waals surface area contributed by atoms with E-state index in [1.165, 1.54) is 10.6 Å². The van der Waals surface area contributed by atoms with Crippen molar-refractivity contribution in [3.63, 3.8) is 0 Å². The Kier molecular flexibility index (Phi) is 6.22. The molecule has 0 bridgehead atoms. The lowest BCUT2D eigenvalue weighted by atomic mass is 10.3. The van der Waals surface area contributed by atoms with E-state index in [9.17, 15) is 8.42 Å². The van der Waals surface area contributed by atoms with Gasteiger partial charge in [0.1, 0.15) is 5.82 Å². The number of sulfonamides is 1. The second kappa shape index (κ2) is 7.21. The van der Waals surface area contributed by atoms with Crippen LogP contribution in [-0.4, -0.2) is 43.6 Å². The zero-order valence-electron chi connectivity index (χ0n) is 11.5. The highest BCUT2D eigenvalue weighted by Crippen LogP contribution is 2.20. The van der Waals surface area contributed by atoms with E-state index >= 15 is 0 Å². The average molecular weight is 350 g/mol. The molecule has 1 N–H and O–H groups in total. The van der Waals surface area contributed by atoms with Crippen molar-refractivity contribution in [2.45, 2.75) is 20.3 Å². The van der Waals surface area contributed by atoms with Crippen molar-refractivity contribution >= 4 is 31.8 Å². The number of hydrogen-bond donors (Lipinski definition) is 1. The highest BCUT2D eigenvalue weighted by Gasteiger charge is 2.13. The molecule has 5 nitrogen and oxygen atoms in total. The summed E-state index contributed by atoms with van der Waals surface area (Å²) in [6.45, 7) is 5.52. The average Bonchev–Trinajstić information content (AvgIpc) is 2.29. The molecule has 0 amide bonds. The zero-order valence-corrected chi connectivity index (χ0v) is 13.9. The van der Waals surface area contributed by atoms with Gasteiger partial charge in [0.25, 0.3) is 0 Å². The molecule has 0 saturated heterocycles. The molecule has 0 aromatic carbocycles. The first-order valence-corrected chi connectivity index (χ1v) is 8.80. The van der Waals surface area contributed by atoms with Crippen LogP contribution in [0.25, 0.3) is 0 Å². The summed E-state index contributed by atoms with van der Waals surface area (Å²) in [5.74, 6) is 0.785. The minimum Gasteiger partial charge on any atom is -0.369 e. The number of nitrogens with one attached hydrogen (secondary N) is 1. The summed E-state index contributed by atoms with van der Waals surface area (Å²) in [6, 6.07) is 1.99. The summed E-state index contributed by atoms with van der Waals surface area (Å²) in [6.07, 6.45) is 3.77. The Bertz CT molecular complexity index is 520. The van der Waals surface area contributed by atoms with Crippen molar-refractivity contribution in [3.8, 4) is 0 Å². The van der Waals surface area contributed by atoms with E-state index in [4.69, 9.17) is 0 Å². The maximum Gasteiger partial charge on any atom is 0.211 e. The van der Waals surface area contributed by atoms with Crippen molar-refractivity contribution in [2.24, 2.45) is 0 Å². The summed E-state index contributed by atoms with van der Waals surface area (Å²) < 4.78 is 25.2. The molecule has 1 aromatic heterocycles. The number of nitrogens with zero attached hydrogens (tertiary/aromatic N) is 2. The molecule has 0 unspecified atom stereocenters. The quantitative estimate of drug-likeness (QED) is 0.766. The predicted molar refractivity (Wildman–Crippen MR) is 81.9 cm³/mol. The number of anilines is 1. The van der Waals surface area contributed by atoms with Crippen LogP contribution >= 0.6 is 15.9 Å². The van der Waals surface area contributed by atoms with Crippen LogP contribution in [0, 0.1) is 6.92 Å². The van der Waals surface area contributed by atoms with Gasteiger partial charge in [-0.05, 0) is 40.9 Å². The predicted octanol–water partition coefficient (Wildman–Crippen LogP) is 2.24. The largest absolute Gasteiger partial charge is 0.369 e. The van der Waals surface area contributed by atoms with Gasteiger partial charge in [-0.1, -0.05) is 6.92 Å². The van der Waals surface area contributed by atoms with Crippen molar-refractivity contribution in [1.82, 2.24) is 9.29 Å². The molecule has 1 heterocycles. The fourth-order valence-electron chi connectivity index (χ4n) is 1.68. The third-order valence-corrected chi connectivity index (χ3v) is 4.66. The molecular formula is C12H20BrN3O2S. The van der Waals surface area contributed by atoms with Crippen LogP contribution in [0.15, 0.2) is 16.7 Å². The summed E-state index contributed by atoms with van der Waals surface area (Å²) in [5, 5.41) is 3.19. The van der Waals surface area contributed by atoms with Crippen LogP contribution in [0.3, 0.4) is 0 Å². The molecule has 0 atom stereocenters. The molecule has 0 radical (unpaired) electrons. The van der Waals surface area contributed by atoms with Gasteiger partial charge in [0.2, 0.25) is 10.0 Å². The van der Waals surface area contributed by atoms with Gasteiger partial charge in [-0.25, -0.2) is 17.7 Å². The van der Waals surface area contributed by atoms with Crippen LogP contribution in [0.2, 0.25) is 0 Å². The van der Waals surface area contributed by atoms with Gasteiger partial charge in [-0.15, -0.1) is 0 Å². The molecule has 0 aliphatic heterocycles. The standard InChI is InChI=1S/C12H20BrN3O2S/c1-4-16(19(3,17)18)7-5-6-14-12-11(13)8-10(2)9-15-12/h8-9H,4-7H2,1-3H3,(H,14,15). The van der Waals surface area contributed by atoms with Crippen LogP contribution in [0.5, 0.6) is 0 Å². The number of rotatable bonds is 7. The number of pyridine rings is 1. The van der Waals surface area contributed by atoms with Crippen LogP contribution in [0.4, 0.5) is 5.82 Å². The number of halogens is 1. The van der Waals surface area contributed by atoms with Crippen LogP contribution in [-0.2, 0) is 10.0 Å². The zero-order chi connectivity index (χ0) is 14.5. The topological polar surface area (TPSA) is 62.3 Å². The Hall–Kier alpha value is -0.660. The smallest absolute Gasteiger partial charge is 0.211 e. The minimum atomic E-state index is -3.09. The fourth-order valence-corrected chi connectivity index (χ4v) is 3.22. The lowest BCUT2D eigenvalue weighted by Crippen LogP contribution is -2.31. The minimum absolute atomic E-state index is 0.505. The molecule has 1 rings (SSSR count). The van der Waals surface area contributed by atoms with Crippen molar-refractivity contribution < 1.29 is 8.42 Å². The first-order chi connectivity index (χ1) is 8.84. The summed E-state index contributed by atoms with van der Waals surface area (Å²) in [7, 11) is -3.09. The molecule has 0 fully saturated rings. The molecule has 0 aliphatic rings. The Morgan fingerprint density at radius 3 is 2.68 bits per heavy atom. The van der Waals surface area contributed by atoms with E-state index in [1.54, 1.807) is 6.20 Å². The third-order valence-electron chi connectivity index (χ3n) is 2.68. The third kappa shape index (κ3) is 5.46. The van der Waals surface area contributed by atoms with Crippen LogP contribution in [0.1, 0.15) is 18.9 Å². The monoisotopic (exact) mass is 349 g/mol. The van der Waals surface area contributed by atoms with E-state index in [2.05, 4.69) is 26.2 Å². The molecule has 1 aromatic rings. The summed E-state index contributed by atoms with van der Waals surface area (Å²) in [4.78, 5) is 4.27. The molecular weight excluding hydrogens is 330 g/mol. The van der Waals surface area contributed by atoms with E-state index in [1.807, 2.05) is 19.9 Å². The molecule has 0 saturated carbocycles. The number of aryl methyl sites for hydroxylation is 1. The summed E-state index contributed by atoms with van der Waals surface area (Å²) >= 11 is 3.44. The molecule has 19 heavy (non-hydrogen) atoms. The second-order valence-electron chi connectivity index (χ2n) is 4.38. The van der Waals surface area contributed by atoms with Gasteiger partial charge in [0, 0.05) is 25.8 Å².